The smallest absolute Gasteiger partial charge is 0.223 e. The largest absolute Gasteiger partial charge is 0.393 e. The molecule has 3 saturated carbocycles. The van der Waals surface area contributed by atoms with Gasteiger partial charge in [-0.1, -0.05) is 0 Å². The van der Waals surface area contributed by atoms with Crippen molar-refractivity contribution < 1.29 is 9.90 Å². The fourth-order valence-electron chi connectivity index (χ4n) is 3.54. The average Bonchev–Trinajstić information content (AvgIpc) is 2.86. The molecule has 2 N–H and O–H groups in total. The molecule has 16 heavy (non-hydrogen) atoms. The maximum absolute atomic E-state index is 12.0. The van der Waals surface area contributed by atoms with Crippen LogP contribution < -0.4 is 5.32 Å². The molecule has 90 valence electrons. The molecule has 3 heteroatoms. The highest BCUT2D eigenvalue weighted by Crippen LogP contribution is 2.54. The summed E-state index contributed by atoms with van der Waals surface area (Å²) in [6.07, 6.45) is 7.15. The summed E-state index contributed by atoms with van der Waals surface area (Å²) in [7, 11) is 0. The van der Waals surface area contributed by atoms with Gasteiger partial charge in [-0.3, -0.25) is 4.79 Å². The van der Waals surface area contributed by atoms with Gasteiger partial charge in [0.25, 0.3) is 0 Å². The highest BCUT2D eigenvalue weighted by Gasteiger charge is 2.48. The van der Waals surface area contributed by atoms with E-state index in [1.165, 1.54) is 6.42 Å². The van der Waals surface area contributed by atoms with Crippen molar-refractivity contribution in [2.24, 2.45) is 17.8 Å². The van der Waals surface area contributed by atoms with Gasteiger partial charge in [0.2, 0.25) is 5.91 Å². The molecule has 0 spiro atoms. The Balaban J connectivity index is 1.48. The first-order valence-electron chi connectivity index (χ1n) is 6.71. The Hall–Kier alpha value is -0.570. The summed E-state index contributed by atoms with van der Waals surface area (Å²) in [6.45, 7) is 0. The standard InChI is InChI=1S/C13H21NO2/c15-12-3-1-2-11(7-12)14-13(16)10-5-8-4-9(8)6-10/h8-12,15H,1-7H2,(H,14,16). The molecule has 3 rings (SSSR count). The summed E-state index contributed by atoms with van der Waals surface area (Å²) >= 11 is 0. The minimum absolute atomic E-state index is 0.198. The van der Waals surface area contributed by atoms with E-state index in [1.54, 1.807) is 0 Å². The topological polar surface area (TPSA) is 49.3 Å². The zero-order valence-corrected chi connectivity index (χ0v) is 9.69. The molecule has 3 aliphatic carbocycles. The lowest BCUT2D eigenvalue weighted by atomic mass is 9.92. The first kappa shape index (κ1) is 10.6. The van der Waals surface area contributed by atoms with Crippen LogP contribution in [-0.2, 0) is 4.79 Å². The molecule has 0 bridgehead atoms. The lowest BCUT2D eigenvalue weighted by Crippen LogP contribution is -2.42. The second kappa shape index (κ2) is 4.02. The van der Waals surface area contributed by atoms with E-state index in [2.05, 4.69) is 5.32 Å². The molecule has 0 aliphatic heterocycles. The van der Waals surface area contributed by atoms with E-state index in [4.69, 9.17) is 0 Å². The van der Waals surface area contributed by atoms with Crippen molar-refractivity contribution >= 4 is 5.91 Å². The van der Waals surface area contributed by atoms with Crippen LogP contribution >= 0.6 is 0 Å². The van der Waals surface area contributed by atoms with Crippen LogP contribution in [0.4, 0.5) is 0 Å². The second-order valence-corrected chi connectivity index (χ2v) is 5.95. The molecule has 4 unspecified atom stereocenters. The summed E-state index contributed by atoms with van der Waals surface area (Å²) in [4.78, 5) is 12.0. The molecule has 0 radical (unpaired) electrons. The Morgan fingerprint density at radius 3 is 2.50 bits per heavy atom. The number of carbonyl (C=O) groups is 1. The van der Waals surface area contributed by atoms with Crippen LogP contribution in [0, 0.1) is 17.8 Å². The van der Waals surface area contributed by atoms with Gasteiger partial charge in [0.1, 0.15) is 0 Å². The van der Waals surface area contributed by atoms with Crippen LogP contribution in [0.25, 0.3) is 0 Å². The first-order valence-corrected chi connectivity index (χ1v) is 6.71. The lowest BCUT2D eigenvalue weighted by Gasteiger charge is -2.27. The van der Waals surface area contributed by atoms with Crippen LogP contribution in [0.1, 0.15) is 44.9 Å². The molecule has 1 amide bonds. The normalized spacial score (nSPS) is 46.2. The van der Waals surface area contributed by atoms with Crippen LogP contribution in [0.5, 0.6) is 0 Å². The van der Waals surface area contributed by atoms with Crippen LogP contribution in [0.15, 0.2) is 0 Å². The third-order valence-electron chi connectivity index (χ3n) is 4.61. The average molecular weight is 223 g/mol. The van der Waals surface area contributed by atoms with Gasteiger partial charge in [-0.15, -0.1) is 0 Å². The molecule has 0 aromatic heterocycles. The number of hydrogen-bond donors (Lipinski definition) is 2. The Bertz CT molecular complexity index is 282. The molecular weight excluding hydrogens is 202 g/mol. The van der Waals surface area contributed by atoms with E-state index in [1.807, 2.05) is 0 Å². The van der Waals surface area contributed by atoms with Gasteiger partial charge in [0, 0.05) is 12.0 Å². The third-order valence-corrected chi connectivity index (χ3v) is 4.61. The Morgan fingerprint density at radius 2 is 1.81 bits per heavy atom. The Morgan fingerprint density at radius 1 is 1.06 bits per heavy atom. The van der Waals surface area contributed by atoms with Crippen LogP contribution in [-0.4, -0.2) is 23.2 Å². The fraction of sp³-hybridized carbons (Fsp3) is 0.923. The fourth-order valence-corrected chi connectivity index (χ4v) is 3.54. The number of nitrogens with one attached hydrogen (secondary N) is 1. The monoisotopic (exact) mass is 223 g/mol. The van der Waals surface area contributed by atoms with E-state index in [9.17, 15) is 9.90 Å². The number of fused-ring (bicyclic) bond motifs is 1. The van der Waals surface area contributed by atoms with Crippen molar-refractivity contribution in [1.29, 1.82) is 0 Å². The minimum Gasteiger partial charge on any atom is -0.393 e. The predicted molar refractivity (Wildman–Crippen MR) is 60.7 cm³/mol. The van der Waals surface area contributed by atoms with Gasteiger partial charge in [0.15, 0.2) is 0 Å². The van der Waals surface area contributed by atoms with Crippen molar-refractivity contribution in [3.05, 3.63) is 0 Å². The summed E-state index contributed by atoms with van der Waals surface area (Å²) in [5.41, 5.74) is 0. The highest BCUT2D eigenvalue weighted by molar-refractivity contribution is 5.79. The van der Waals surface area contributed by atoms with E-state index in [0.29, 0.717) is 0 Å². The minimum atomic E-state index is -0.198. The number of carbonyl (C=O) groups excluding carboxylic acids is 1. The molecule has 3 fully saturated rings. The van der Waals surface area contributed by atoms with Gasteiger partial charge < -0.3 is 10.4 Å². The zero-order valence-electron chi connectivity index (χ0n) is 9.69. The molecule has 0 saturated heterocycles. The summed E-state index contributed by atoms with van der Waals surface area (Å²) in [6, 6.07) is 0.230. The Labute approximate surface area is 96.6 Å². The van der Waals surface area contributed by atoms with E-state index in [0.717, 1.165) is 50.4 Å². The number of amides is 1. The number of rotatable bonds is 2. The van der Waals surface area contributed by atoms with Crippen molar-refractivity contribution in [3.8, 4) is 0 Å². The molecule has 0 aromatic carbocycles. The summed E-state index contributed by atoms with van der Waals surface area (Å²) < 4.78 is 0. The van der Waals surface area contributed by atoms with Crippen molar-refractivity contribution in [2.75, 3.05) is 0 Å². The van der Waals surface area contributed by atoms with E-state index in [-0.39, 0.29) is 24.0 Å². The van der Waals surface area contributed by atoms with Gasteiger partial charge in [-0.05, 0) is 56.8 Å². The van der Waals surface area contributed by atoms with E-state index >= 15 is 0 Å². The Kier molecular flexibility index (Phi) is 2.66. The number of hydrogen-bond acceptors (Lipinski definition) is 2. The lowest BCUT2D eigenvalue weighted by molar-refractivity contribution is -0.126. The first-order chi connectivity index (χ1) is 7.72. The number of aliphatic hydroxyl groups excluding tert-OH is 1. The zero-order chi connectivity index (χ0) is 11.1. The molecule has 0 aromatic rings. The molecule has 3 aliphatic rings. The quantitative estimate of drug-likeness (QED) is 0.744. The van der Waals surface area contributed by atoms with Crippen molar-refractivity contribution in [1.82, 2.24) is 5.32 Å². The number of aliphatic hydroxyl groups is 1. The van der Waals surface area contributed by atoms with Gasteiger partial charge in [-0.2, -0.15) is 0 Å². The highest BCUT2D eigenvalue weighted by atomic mass is 16.3. The molecular formula is C13H21NO2. The summed E-state index contributed by atoms with van der Waals surface area (Å²) in [5.74, 6) is 2.27. The van der Waals surface area contributed by atoms with Gasteiger partial charge in [-0.25, -0.2) is 0 Å². The van der Waals surface area contributed by atoms with E-state index < -0.39 is 0 Å². The molecule has 0 heterocycles. The van der Waals surface area contributed by atoms with Crippen LogP contribution in [0.3, 0.4) is 0 Å². The SMILES string of the molecule is O=C(NC1CCCC(O)C1)C1CC2CC2C1. The molecule has 3 nitrogen and oxygen atoms in total. The van der Waals surface area contributed by atoms with Crippen molar-refractivity contribution in [2.45, 2.75) is 57.1 Å². The maximum Gasteiger partial charge on any atom is 0.223 e. The second-order valence-electron chi connectivity index (χ2n) is 5.95. The third kappa shape index (κ3) is 2.10. The predicted octanol–water partition coefficient (Wildman–Crippen LogP) is 1.45. The van der Waals surface area contributed by atoms with Gasteiger partial charge >= 0.3 is 0 Å². The maximum atomic E-state index is 12.0. The summed E-state index contributed by atoms with van der Waals surface area (Å²) in [5, 5.41) is 12.7. The van der Waals surface area contributed by atoms with Gasteiger partial charge in [0.05, 0.1) is 6.10 Å². The van der Waals surface area contributed by atoms with Crippen molar-refractivity contribution in [3.63, 3.8) is 0 Å². The molecule has 4 atom stereocenters. The van der Waals surface area contributed by atoms with Crippen LogP contribution in [0.2, 0.25) is 0 Å².